The maximum atomic E-state index is 12.5. The molecule has 0 saturated carbocycles. The van der Waals surface area contributed by atoms with Gasteiger partial charge in [0, 0.05) is 23.1 Å². The second-order valence-electron chi connectivity index (χ2n) is 5.37. The Hall–Kier alpha value is -2.64. The van der Waals surface area contributed by atoms with Crippen LogP contribution in [0.15, 0.2) is 35.0 Å². The van der Waals surface area contributed by atoms with Gasteiger partial charge in [-0.05, 0) is 12.1 Å². The van der Waals surface area contributed by atoms with E-state index >= 15 is 0 Å². The summed E-state index contributed by atoms with van der Waals surface area (Å²) in [4.78, 5) is 15.5. The van der Waals surface area contributed by atoms with Crippen molar-refractivity contribution in [3.8, 4) is 11.4 Å². The van der Waals surface area contributed by atoms with Crippen LogP contribution in [0.4, 0.5) is 13.2 Å². The molecule has 2 aromatic heterocycles. The Labute approximate surface area is 128 Å². The van der Waals surface area contributed by atoms with Crippen molar-refractivity contribution < 1.29 is 22.5 Å². The quantitative estimate of drug-likeness (QED) is 0.715. The monoisotopic (exact) mass is 323 g/mol. The number of rotatable bonds is 2. The minimum atomic E-state index is -4.69. The van der Waals surface area contributed by atoms with E-state index in [1.807, 2.05) is 0 Å². The molecule has 23 heavy (non-hydrogen) atoms. The Bertz CT molecular complexity index is 878. The topological polar surface area (TPSA) is 60.9 Å². The summed E-state index contributed by atoms with van der Waals surface area (Å²) in [6.45, 7) is 3.54. The minimum absolute atomic E-state index is 0.110. The molecule has 0 amide bonds. The zero-order chi connectivity index (χ0) is 16.8. The van der Waals surface area contributed by atoms with Gasteiger partial charge in [-0.1, -0.05) is 31.1 Å². The lowest BCUT2D eigenvalue weighted by Gasteiger charge is -2.07. The first-order valence-electron chi connectivity index (χ1n) is 6.84. The Balaban J connectivity index is 2.07. The van der Waals surface area contributed by atoms with E-state index in [1.54, 1.807) is 44.3 Å². The van der Waals surface area contributed by atoms with Crippen molar-refractivity contribution in [2.24, 2.45) is 5.92 Å². The summed E-state index contributed by atoms with van der Waals surface area (Å²) in [5.74, 6) is -1.90. The van der Waals surface area contributed by atoms with Gasteiger partial charge in [-0.15, -0.1) is 0 Å². The van der Waals surface area contributed by atoms with Crippen molar-refractivity contribution in [2.45, 2.75) is 20.0 Å². The predicted molar refractivity (Wildman–Crippen MR) is 75.7 cm³/mol. The summed E-state index contributed by atoms with van der Waals surface area (Å²) in [6.07, 6.45) is -3.06. The molecule has 0 bridgehead atoms. The number of carbonyl (C=O) groups is 1. The van der Waals surface area contributed by atoms with Crippen molar-refractivity contribution in [1.82, 2.24) is 14.7 Å². The Morgan fingerprint density at radius 1 is 1.26 bits per heavy atom. The molecule has 0 unspecified atom stereocenters. The van der Waals surface area contributed by atoms with Crippen LogP contribution in [-0.2, 0) is 6.18 Å². The molecular formula is C15H12F3N3O2. The predicted octanol–water partition coefficient (Wildman–Crippen LogP) is 4.01. The average Bonchev–Trinajstić information content (AvgIpc) is 3.12. The number of fused-ring (bicyclic) bond motifs is 1. The van der Waals surface area contributed by atoms with Gasteiger partial charge < -0.3 is 4.52 Å². The summed E-state index contributed by atoms with van der Waals surface area (Å²) in [5, 5.41) is 4.15. The third kappa shape index (κ3) is 2.71. The average molecular weight is 323 g/mol. The largest absolute Gasteiger partial charge is 0.471 e. The van der Waals surface area contributed by atoms with Crippen LogP contribution in [0.5, 0.6) is 0 Å². The number of halogens is 3. The molecule has 0 aliphatic rings. The number of nitrogens with zero attached hydrogens (tertiary/aromatic N) is 3. The second kappa shape index (κ2) is 5.22. The van der Waals surface area contributed by atoms with Gasteiger partial charge in [0.05, 0.1) is 5.52 Å². The molecule has 0 aliphatic carbocycles. The van der Waals surface area contributed by atoms with Crippen molar-refractivity contribution in [2.75, 3.05) is 0 Å². The van der Waals surface area contributed by atoms with Crippen LogP contribution >= 0.6 is 0 Å². The molecule has 0 spiro atoms. The van der Waals surface area contributed by atoms with Gasteiger partial charge in [0.25, 0.3) is 0 Å². The first-order valence-corrected chi connectivity index (χ1v) is 6.84. The van der Waals surface area contributed by atoms with E-state index in [2.05, 4.69) is 14.7 Å². The molecule has 3 aromatic rings. The molecular weight excluding hydrogens is 311 g/mol. The molecule has 8 heteroatoms. The summed E-state index contributed by atoms with van der Waals surface area (Å²) < 4.78 is 43.3. The molecule has 0 fully saturated rings. The normalized spacial score (nSPS) is 12.3. The number of alkyl halides is 3. The van der Waals surface area contributed by atoms with Crippen LogP contribution in [0.2, 0.25) is 0 Å². The summed E-state index contributed by atoms with van der Waals surface area (Å²) in [6, 6.07) is 6.60. The summed E-state index contributed by atoms with van der Waals surface area (Å²) >= 11 is 0. The van der Waals surface area contributed by atoms with Crippen LogP contribution < -0.4 is 0 Å². The van der Waals surface area contributed by atoms with E-state index in [-0.39, 0.29) is 17.6 Å². The van der Waals surface area contributed by atoms with Crippen LogP contribution in [0.1, 0.15) is 24.5 Å². The number of hydrogen-bond acceptors (Lipinski definition) is 4. The maximum Gasteiger partial charge on any atom is 0.471 e. The van der Waals surface area contributed by atoms with Crippen molar-refractivity contribution in [3.05, 3.63) is 36.4 Å². The van der Waals surface area contributed by atoms with E-state index in [9.17, 15) is 18.0 Å². The summed E-state index contributed by atoms with van der Waals surface area (Å²) in [7, 11) is 0. The zero-order valence-corrected chi connectivity index (χ0v) is 12.3. The molecule has 0 aliphatic heterocycles. The highest BCUT2D eigenvalue weighted by Crippen LogP contribution is 2.30. The molecule has 1 aromatic carbocycles. The molecule has 0 saturated heterocycles. The molecule has 2 heterocycles. The molecule has 3 rings (SSSR count). The van der Waals surface area contributed by atoms with E-state index < -0.39 is 12.1 Å². The van der Waals surface area contributed by atoms with E-state index in [0.29, 0.717) is 11.1 Å². The third-order valence-corrected chi connectivity index (χ3v) is 3.35. The molecule has 5 nitrogen and oxygen atoms in total. The Morgan fingerprint density at radius 3 is 2.61 bits per heavy atom. The molecule has 120 valence electrons. The lowest BCUT2D eigenvalue weighted by atomic mass is 10.1. The fourth-order valence-corrected chi connectivity index (χ4v) is 2.19. The van der Waals surface area contributed by atoms with Crippen LogP contribution in [0.25, 0.3) is 22.3 Å². The highest BCUT2D eigenvalue weighted by Gasteiger charge is 2.38. The van der Waals surface area contributed by atoms with Gasteiger partial charge in [-0.25, -0.2) is 0 Å². The van der Waals surface area contributed by atoms with Gasteiger partial charge in [0.2, 0.25) is 11.7 Å². The van der Waals surface area contributed by atoms with Gasteiger partial charge in [0.15, 0.2) is 0 Å². The van der Waals surface area contributed by atoms with Gasteiger partial charge in [-0.3, -0.25) is 9.36 Å². The SMILES string of the molecule is CC(C)C(=O)n1ccc2ccc(-c3noc(C(F)(F)F)n3)cc21. The van der Waals surface area contributed by atoms with Crippen molar-refractivity contribution in [3.63, 3.8) is 0 Å². The fourth-order valence-electron chi connectivity index (χ4n) is 2.19. The van der Waals surface area contributed by atoms with E-state index in [0.717, 1.165) is 5.39 Å². The number of benzene rings is 1. The first kappa shape index (κ1) is 15.3. The van der Waals surface area contributed by atoms with Crippen LogP contribution in [-0.4, -0.2) is 20.6 Å². The molecule has 0 radical (unpaired) electrons. The highest BCUT2D eigenvalue weighted by molar-refractivity contribution is 5.94. The minimum Gasteiger partial charge on any atom is -0.329 e. The molecule has 0 atom stereocenters. The zero-order valence-electron chi connectivity index (χ0n) is 12.3. The third-order valence-electron chi connectivity index (χ3n) is 3.35. The van der Waals surface area contributed by atoms with E-state index in [4.69, 9.17) is 0 Å². The van der Waals surface area contributed by atoms with E-state index in [1.165, 1.54) is 4.57 Å². The Morgan fingerprint density at radius 2 is 2.00 bits per heavy atom. The van der Waals surface area contributed by atoms with Crippen molar-refractivity contribution in [1.29, 1.82) is 0 Å². The lowest BCUT2D eigenvalue weighted by molar-refractivity contribution is -0.159. The maximum absolute atomic E-state index is 12.5. The number of hydrogen-bond donors (Lipinski definition) is 0. The van der Waals surface area contributed by atoms with Crippen molar-refractivity contribution >= 4 is 16.8 Å². The van der Waals surface area contributed by atoms with Gasteiger partial charge in [0.1, 0.15) is 0 Å². The standard InChI is InChI=1S/C15H12F3N3O2/c1-8(2)13(22)21-6-5-9-3-4-10(7-11(9)21)12-19-14(23-20-12)15(16,17)18/h3-8H,1-2H3. The number of aromatic nitrogens is 3. The first-order chi connectivity index (χ1) is 10.8. The Kier molecular flexibility index (Phi) is 3.46. The van der Waals surface area contributed by atoms with Gasteiger partial charge in [-0.2, -0.15) is 18.2 Å². The fraction of sp³-hybridized carbons (Fsp3) is 0.267. The lowest BCUT2D eigenvalue weighted by Crippen LogP contribution is -2.15. The second-order valence-corrected chi connectivity index (χ2v) is 5.37. The molecule has 0 N–H and O–H groups in total. The van der Waals surface area contributed by atoms with Crippen LogP contribution in [0, 0.1) is 5.92 Å². The smallest absolute Gasteiger partial charge is 0.329 e. The van der Waals surface area contributed by atoms with Crippen LogP contribution in [0.3, 0.4) is 0 Å². The summed E-state index contributed by atoms with van der Waals surface area (Å²) in [5.41, 5.74) is 0.924. The highest BCUT2D eigenvalue weighted by atomic mass is 19.4. The van der Waals surface area contributed by atoms with Gasteiger partial charge >= 0.3 is 12.1 Å². The number of carbonyl (C=O) groups excluding carboxylic acids is 1.